The van der Waals surface area contributed by atoms with Gasteiger partial charge >= 0.3 is 12.0 Å². The number of aryl methyl sites for hydroxylation is 2. The maximum Gasteiger partial charge on any atom is 0.321 e. The lowest BCUT2D eigenvalue weighted by molar-refractivity contribution is 0.0980. The molecule has 1 aromatic heterocycles. The van der Waals surface area contributed by atoms with Crippen LogP contribution in [0.1, 0.15) is 24.2 Å². The molecule has 2 heterocycles. The Balaban J connectivity index is 1.61. The number of anilines is 1. The van der Waals surface area contributed by atoms with E-state index >= 15 is 0 Å². The van der Waals surface area contributed by atoms with Crippen LogP contribution in [0.5, 0.6) is 6.01 Å². The number of nitrogens with one attached hydrogen (secondary N) is 1. The van der Waals surface area contributed by atoms with E-state index in [1.165, 1.54) is 0 Å². The molecule has 0 bridgehead atoms. The summed E-state index contributed by atoms with van der Waals surface area (Å²) in [5.74, 6) is 0. The lowest BCUT2D eigenvalue weighted by atomic mass is 10.1. The number of carbonyl (C=O) groups excluding carboxylic acids is 1. The van der Waals surface area contributed by atoms with Crippen LogP contribution in [0, 0.1) is 13.8 Å². The number of rotatable bonds is 3. The molecule has 1 atom stereocenters. The Hall–Kier alpha value is -2.34. The van der Waals surface area contributed by atoms with Crippen molar-refractivity contribution in [1.29, 1.82) is 0 Å². The molecule has 2 aromatic rings. The van der Waals surface area contributed by atoms with Crippen LogP contribution >= 0.6 is 11.6 Å². The van der Waals surface area contributed by atoms with Crippen LogP contribution in [0.2, 0.25) is 5.02 Å². The predicted octanol–water partition coefficient (Wildman–Crippen LogP) is 3.82. The molecule has 0 spiro atoms. The van der Waals surface area contributed by atoms with E-state index in [2.05, 4.69) is 15.3 Å². The topological polar surface area (TPSA) is 67.3 Å². The van der Waals surface area contributed by atoms with Crippen LogP contribution in [-0.2, 0) is 0 Å². The summed E-state index contributed by atoms with van der Waals surface area (Å²) in [6.45, 7) is 5.02. The molecule has 1 saturated heterocycles. The highest BCUT2D eigenvalue weighted by Crippen LogP contribution is 2.19. The fourth-order valence-corrected chi connectivity index (χ4v) is 3.07. The van der Waals surface area contributed by atoms with E-state index in [9.17, 15) is 4.79 Å². The smallest absolute Gasteiger partial charge is 0.321 e. The highest BCUT2D eigenvalue weighted by Gasteiger charge is 2.25. The molecular formula is C18H21ClN4O2. The first-order valence-corrected chi connectivity index (χ1v) is 8.68. The van der Waals surface area contributed by atoms with Crippen molar-refractivity contribution in [2.75, 3.05) is 18.4 Å². The lowest BCUT2D eigenvalue weighted by Crippen LogP contribution is -2.46. The second-order valence-corrected chi connectivity index (χ2v) is 6.64. The summed E-state index contributed by atoms with van der Waals surface area (Å²) < 4.78 is 5.90. The number of carbonyl (C=O) groups is 1. The van der Waals surface area contributed by atoms with Crippen LogP contribution in [0.25, 0.3) is 0 Å². The molecule has 6 nitrogen and oxygen atoms in total. The summed E-state index contributed by atoms with van der Waals surface area (Å²) >= 11 is 5.95. The first-order valence-electron chi connectivity index (χ1n) is 8.30. The largest absolute Gasteiger partial charge is 0.458 e. The fraction of sp³-hybridized carbons (Fsp3) is 0.389. The van der Waals surface area contributed by atoms with Gasteiger partial charge in [0.2, 0.25) is 0 Å². The van der Waals surface area contributed by atoms with Crippen LogP contribution < -0.4 is 10.1 Å². The average Bonchev–Trinajstić information content (AvgIpc) is 2.54. The number of urea groups is 1. The number of piperidine rings is 1. The van der Waals surface area contributed by atoms with Crippen molar-refractivity contribution in [1.82, 2.24) is 14.9 Å². The van der Waals surface area contributed by atoms with E-state index in [4.69, 9.17) is 16.3 Å². The molecule has 1 N–H and O–H groups in total. The first-order chi connectivity index (χ1) is 12.0. The van der Waals surface area contributed by atoms with Gasteiger partial charge in [0.05, 0.1) is 6.54 Å². The van der Waals surface area contributed by atoms with Crippen molar-refractivity contribution >= 4 is 23.3 Å². The average molecular weight is 361 g/mol. The van der Waals surface area contributed by atoms with Crippen molar-refractivity contribution in [2.24, 2.45) is 0 Å². The zero-order valence-electron chi connectivity index (χ0n) is 14.3. The van der Waals surface area contributed by atoms with Gasteiger partial charge in [0.25, 0.3) is 0 Å². The van der Waals surface area contributed by atoms with Crippen molar-refractivity contribution in [3.8, 4) is 6.01 Å². The van der Waals surface area contributed by atoms with Crippen molar-refractivity contribution < 1.29 is 9.53 Å². The van der Waals surface area contributed by atoms with E-state index in [0.717, 1.165) is 24.2 Å². The molecule has 1 fully saturated rings. The molecule has 1 aromatic carbocycles. The minimum absolute atomic E-state index is 0.111. The molecule has 3 rings (SSSR count). The van der Waals surface area contributed by atoms with Crippen LogP contribution in [-0.4, -0.2) is 40.1 Å². The number of aromatic nitrogens is 2. The number of likely N-dealkylation sites (tertiary alicyclic amines) is 1. The summed E-state index contributed by atoms with van der Waals surface area (Å²) in [7, 11) is 0. The van der Waals surface area contributed by atoms with Gasteiger partial charge in [-0.1, -0.05) is 17.7 Å². The van der Waals surface area contributed by atoms with Crippen molar-refractivity contribution in [3.63, 3.8) is 0 Å². The molecule has 1 aliphatic rings. The Kier molecular flexibility index (Phi) is 5.38. The van der Waals surface area contributed by atoms with Gasteiger partial charge in [-0.2, -0.15) is 0 Å². The maximum atomic E-state index is 12.5. The van der Waals surface area contributed by atoms with Gasteiger partial charge in [0.1, 0.15) is 6.10 Å². The number of nitrogens with zero attached hydrogens (tertiary/aromatic N) is 3. The lowest BCUT2D eigenvalue weighted by Gasteiger charge is -2.32. The Morgan fingerprint density at radius 3 is 2.76 bits per heavy atom. The Labute approximate surface area is 152 Å². The zero-order valence-corrected chi connectivity index (χ0v) is 15.1. The van der Waals surface area contributed by atoms with Gasteiger partial charge in [-0.25, -0.2) is 14.8 Å². The highest BCUT2D eigenvalue weighted by atomic mass is 35.5. The number of benzene rings is 1. The normalized spacial score (nSPS) is 17.2. The Morgan fingerprint density at radius 1 is 1.28 bits per heavy atom. The van der Waals surface area contributed by atoms with Crippen LogP contribution in [0.3, 0.4) is 0 Å². The van der Waals surface area contributed by atoms with E-state index in [0.29, 0.717) is 29.8 Å². The maximum absolute atomic E-state index is 12.5. The Morgan fingerprint density at radius 2 is 2.04 bits per heavy atom. The molecule has 0 saturated carbocycles. The number of amides is 2. The van der Waals surface area contributed by atoms with Gasteiger partial charge in [0.15, 0.2) is 0 Å². The standard InChI is InChI=1S/C18H21ClN4O2/c1-12-9-13(2)21-17(20-12)25-16-7-4-8-23(11-16)18(24)22-15-6-3-5-14(19)10-15/h3,5-6,9-10,16H,4,7-8,11H2,1-2H3,(H,22,24)/t16-/m0/s1. The quantitative estimate of drug-likeness (QED) is 0.903. The van der Waals surface area contributed by atoms with E-state index < -0.39 is 0 Å². The molecule has 0 radical (unpaired) electrons. The van der Waals surface area contributed by atoms with E-state index in [1.807, 2.05) is 26.0 Å². The molecule has 2 amide bonds. The summed E-state index contributed by atoms with van der Waals surface area (Å²) in [5.41, 5.74) is 2.42. The third-order valence-corrected chi connectivity index (χ3v) is 4.21. The van der Waals surface area contributed by atoms with Gasteiger partial charge in [-0.05, 0) is 51.0 Å². The molecule has 0 aliphatic carbocycles. The second kappa shape index (κ2) is 7.70. The van der Waals surface area contributed by atoms with Crippen molar-refractivity contribution in [2.45, 2.75) is 32.8 Å². The summed E-state index contributed by atoms with van der Waals surface area (Å²) in [4.78, 5) is 22.8. The molecule has 25 heavy (non-hydrogen) atoms. The molecule has 132 valence electrons. The number of halogens is 1. The zero-order chi connectivity index (χ0) is 17.8. The predicted molar refractivity (Wildman–Crippen MR) is 97.2 cm³/mol. The van der Waals surface area contributed by atoms with E-state index in [-0.39, 0.29) is 12.1 Å². The highest BCUT2D eigenvalue weighted by molar-refractivity contribution is 6.30. The Bertz CT molecular complexity index is 748. The summed E-state index contributed by atoms with van der Waals surface area (Å²) in [6, 6.07) is 9.23. The minimum Gasteiger partial charge on any atom is -0.458 e. The van der Waals surface area contributed by atoms with Crippen molar-refractivity contribution in [3.05, 3.63) is 46.7 Å². The molecule has 0 unspecified atom stereocenters. The first kappa shape index (κ1) is 17.5. The monoisotopic (exact) mass is 360 g/mol. The number of ether oxygens (including phenoxy) is 1. The van der Waals surface area contributed by atoms with Crippen LogP contribution in [0.4, 0.5) is 10.5 Å². The number of hydrogen-bond acceptors (Lipinski definition) is 4. The van der Waals surface area contributed by atoms with E-state index in [1.54, 1.807) is 23.1 Å². The van der Waals surface area contributed by atoms with Gasteiger partial charge in [0, 0.05) is 28.6 Å². The van der Waals surface area contributed by atoms with Gasteiger partial charge in [-0.15, -0.1) is 0 Å². The third-order valence-electron chi connectivity index (χ3n) is 3.98. The number of hydrogen-bond donors (Lipinski definition) is 1. The minimum atomic E-state index is -0.156. The molecular weight excluding hydrogens is 340 g/mol. The molecule has 1 aliphatic heterocycles. The summed E-state index contributed by atoms with van der Waals surface area (Å²) in [5, 5.41) is 3.46. The SMILES string of the molecule is Cc1cc(C)nc(O[C@H]2CCCN(C(=O)Nc3cccc(Cl)c3)C2)n1. The fourth-order valence-electron chi connectivity index (χ4n) is 2.88. The third kappa shape index (κ3) is 4.82. The second-order valence-electron chi connectivity index (χ2n) is 6.20. The summed E-state index contributed by atoms with van der Waals surface area (Å²) in [6.07, 6.45) is 1.63. The van der Waals surface area contributed by atoms with Gasteiger partial charge in [-0.3, -0.25) is 0 Å². The molecule has 7 heteroatoms. The van der Waals surface area contributed by atoms with Crippen LogP contribution in [0.15, 0.2) is 30.3 Å². The van der Waals surface area contributed by atoms with Gasteiger partial charge < -0.3 is 15.0 Å².